The maximum Gasteiger partial charge on any atom is 0.314 e. The van der Waals surface area contributed by atoms with Crippen molar-refractivity contribution < 1.29 is 8.23 Å². The highest BCUT2D eigenvalue weighted by atomic mass is 28.5. The van der Waals surface area contributed by atoms with E-state index in [4.69, 9.17) is 8.23 Å². The van der Waals surface area contributed by atoms with Gasteiger partial charge in [-0.15, -0.1) is 10.2 Å². The van der Waals surface area contributed by atoms with Gasteiger partial charge in [0.05, 0.1) is 5.69 Å². The summed E-state index contributed by atoms with van der Waals surface area (Å²) in [6.07, 6.45) is 0.988. The third-order valence-electron chi connectivity index (χ3n) is 4.99. The monoisotopic (exact) mass is 485 g/mol. The molecule has 0 bridgehead atoms. The summed E-state index contributed by atoms with van der Waals surface area (Å²) in [7, 11) is -5.64. The first-order valence-corrected chi connectivity index (χ1v) is 20.9. The minimum Gasteiger partial charge on any atom is -0.437 e. The lowest BCUT2D eigenvalue weighted by molar-refractivity contribution is 0.369. The molecule has 0 saturated carbocycles. The first-order chi connectivity index (χ1) is 14.7. The van der Waals surface area contributed by atoms with Crippen LogP contribution in [0.3, 0.4) is 0 Å². The fourth-order valence-electron chi connectivity index (χ4n) is 4.56. The van der Waals surface area contributed by atoms with Crippen LogP contribution < -0.4 is 0 Å². The van der Waals surface area contributed by atoms with Crippen molar-refractivity contribution in [1.29, 1.82) is 0 Å². The molecule has 0 aliphatic carbocycles. The van der Waals surface area contributed by atoms with Crippen LogP contribution in [-0.4, -0.2) is 40.2 Å². The summed E-state index contributed by atoms with van der Waals surface area (Å²) >= 11 is 0. The zero-order chi connectivity index (χ0) is 23.7. The Morgan fingerprint density at radius 3 is 1.88 bits per heavy atom. The van der Waals surface area contributed by atoms with E-state index >= 15 is 0 Å². The van der Waals surface area contributed by atoms with E-state index in [0.29, 0.717) is 5.92 Å². The van der Waals surface area contributed by atoms with Crippen LogP contribution in [0.2, 0.25) is 51.9 Å². The molecule has 1 atom stereocenters. The summed E-state index contributed by atoms with van der Waals surface area (Å²) in [5.41, 5.74) is 5.38. The van der Waals surface area contributed by atoms with Crippen LogP contribution in [0.1, 0.15) is 18.1 Å². The molecule has 3 aromatic rings. The molecule has 5 nitrogen and oxygen atoms in total. The van der Waals surface area contributed by atoms with Crippen LogP contribution in [0.15, 0.2) is 42.5 Å². The first-order valence-electron chi connectivity index (χ1n) is 11.5. The predicted molar refractivity (Wildman–Crippen MR) is 142 cm³/mol. The van der Waals surface area contributed by atoms with Gasteiger partial charge in [0.15, 0.2) is 16.6 Å². The van der Waals surface area contributed by atoms with Crippen molar-refractivity contribution in [3.63, 3.8) is 0 Å². The Labute approximate surface area is 196 Å². The Balaban J connectivity index is 1.81. The van der Waals surface area contributed by atoms with Gasteiger partial charge in [0.2, 0.25) is 0 Å². The Morgan fingerprint density at radius 2 is 1.38 bits per heavy atom. The number of aromatic nitrogens is 3. The third-order valence-corrected chi connectivity index (χ3v) is 14.8. The number of fused-ring (bicyclic) bond motifs is 1. The summed E-state index contributed by atoms with van der Waals surface area (Å²) in [6, 6.07) is 15.7. The van der Waals surface area contributed by atoms with E-state index < -0.39 is 25.2 Å². The first kappa shape index (κ1) is 25.0. The normalized spacial score (nSPS) is 14.2. The lowest BCUT2D eigenvalue weighted by atomic mass is 10.0. The number of benzene rings is 2. The topological polar surface area (TPSA) is 49.2 Å². The average molecular weight is 486 g/mol. The number of hydrogen-bond donors (Lipinski definition) is 0. The van der Waals surface area contributed by atoms with Crippen molar-refractivity contribution >= 4 is 36.2 Å². The van der Waals surface area contributed by atoms with Gasteiger partial charge < -0.3 is 8.23 Å². The molecule has 0 N–H and O–H groups in total. The van der Waals surface area contributed by atoms with E-state index in [1.54, 1.807) is 4.80 Å². The van der Waals surface area contributed by atoms with Gasteiger partial charge in [-0.1, -0.05) is 25.1 Å². The van der Waals surface area contributed by atoms with Crippen LogP contribution in [0, 0.1) is 12.8 Å². The lowest BCUT2D eigenvalue weighted by Gasteiger charge is -2.39. The second-order valence-corrected chi connectivity index (χ2v) is 24.0. The van der Waals surface area contributed by atoms with Crippen molar-refractivity contribution in [3.05, 3.63) is 53.6 Å². The molecule has 0 amide bonds. The molecule has 0 aliphatic heterocycles. The van der Waals surface area contributed by atoms with Crippen LogP contribution >= 0.6 is 0 Å². The lowest BCUT2D eigenvalue weighted by Crippen LogP contribution is -2.53. The quantitative estimate of drug-likeness (QED) is 0.317. The van der Waals surface area contributed by atoms with Gasteiger partial charge in [-0.3, -0.25) is 0 Å². The SMILES string of the molecule is Cc1cc(CC(C)C[Si](C)(O[Si](C)(C)C)O[Si](C)(C)C)cc(-n2nc3ccccc3n2)c1. The van der Waals surface area contributed by atoms with E-state index in [0.717, 1.165) is 29.2 Å². The molecule has 1 aromatic heterocycles. The summed E-state index contributed by atoms with van der Waals surface area (Å²) in [5.74, 6) is 0.471. The van der Waals surface area contributed by atoms with Gasteiger partial charge in [-0.2, -0.15) is 4.80 Å². The van der Waals surface area contributed by atoms with Crippen molar-refractivity contribution in [1.82, 2.24) is 15.0 Å². The highest BCUT2D eigenvalue weighted by Gasteiger charge is 2.41. The van der Waals surface area contributed by atoms with E-state index in [1.165, 1.54) is 11.1 Å². The molecule has 8 heteroatoms. The molecule has 174 valence electrons. The van der Waals surface area contributed by atoms with Crippen molar-refractivity contribution in [3.8, 4) is 5.69 Å². The highest BCUT2D eigenvalue weighted by molar-refractivity contribution is 6.87. The van der Waals surface area contributed by atoms with Crippen molar-refractivity contribution in [2.45, 2.75) is 72.1 Å². The predicted octanol–water partition coefficient (Wildman–Crippen LogP) is 6.68. The third kappa shape index (κ3) is 7.21. The Bertz CT molecular complexity index is 1020. The number of nitrogens with zero attached hydrogens (tertiary/aromatic N) is 3. The molecular formula is C24H39N3O2Si3. The Hall–Kier alpha value is -1.59. The second-order valence-electron chi connectivity index (χ2n) is 11.2. The molecule has 0 spiro atoms. The number of aryl methyl sites for hydroxylation is 1. The molecule has 0 fully saturated rings. The minimum absolute atomic E-state index is 0.471. The second kappa shape index (κ2) is 9.34. The molecule has 2 aromatic carbocycles. The van der Waals surface area contributed by atoms with E-state index in [1.807, 2.05) is 24.3 Å². The van der Waals surface area contributed by atoms with Gasteiger partial charge in [-0.25, -0.2) is 0 Å². The van der Waals surface area contributed by atoms with Gasteiger partial charge in [-0.05, 0) is 107 Å². The molecule has 32 heavy (non-hydrogen) atoms. The Morgan fingerprint density at radius 1 is 0.844 bits per heavy atom. The van der Waals surface area contributed by atoms with Gasteiger partial charge in [0.1, 0.15) is 11.0 Å². The van der Waals surface area contributed by atoms with E-state index in [-0.39, 0.29) is 0 Å². The summed E-state index contributed by atoms with van der Waals surface area (Å²) in [6.45, 7) is 20.4. The van der Waals surface area contributed by atoms with Gasteiger partial charge >= 0.3 is 8.56 Å². The van der Waals surface area contributed by atoms with Gasteiger partial charge in [0, 0.05) is 0 Å². The average Bonchev–Trinajstić information content (AvgIpc) is 3.01. The fourth-order valence-corrected chi connectivity index (χ4v) is 17.5. The fraction of sp³-hybridized carbons (Fsp3) is 0.500. The molecular weight excluding hydrogens is 447 g/mol. The summed E-state index contributed by atoms with van der Waals surface area (Å²) < 4.78 is 13.5. The van der Waals surface area contributed by atoms with Crippen molar-refractivity contribution in [2.24, 2.45) is 5.92 Å². The van der Waals surface area contributed by atoms with Crippen LogP contribution in [0.4, 0.5) is 0 Å². The number of rotatable bonds is 9. The summed E-state index contributed by atoms with van der Waals surface area (Å²) in [4.78, 5) is 1.76. The van der Waals surface area contributed by atoms with E-state index in [2.05, 4.69) is 88.1 Å². The van der Waals surface area contributed by atoms with E-state index in [9.17, 15) is 0 Å². The Kier molecular flexibility index (Phi) is 7.31. The smallest absolute Gasteiger partial charge is 0.314 e. The zero-order valence-corrected chi connectivity index (χ0v) is 24.2. The maximum atomic E-state index is 6.73. The molecule has 1 unspecified atom stereocenters. The van der Waals surface area contributed by atoms with Crippen LogP contribution in [-0.2, 0) is 14.7 Å². The van der Waals surface area contributed by atoms with Crippen molar-refractivity contribution in [2.75, 3.05) is 0 Å². The molecule has 3 rings (SSSR count). The maximum absolute atomic E-state index is 6.73. The molecule has 0 saturated heterocycles. The van der Waals surface area contributed by atoms with Crippen LogP contribution in [0.5, 0.6) is 0 Å². The molecule has 0 radical (unpaired) electrons. The summed E-state index contributed by atoms with van der Waals surface area (Å²) in [5, 5.41) is 9.33. The zero-order valence-electron chi connectivity index (χ0n) is 21.2. The molecule has 0 aliphatic rings. The molecule has 1 heterocycles. The van der Waals surface area contributed by atoms with Crippen LogP contribution in [0.25, 0.3) is 16.7 Å². The standard InChI is InChI=1S/C24H39N3O2Si3/c1-19-14-21(17-22(16-19)27-25-23-12-10-11-13-24(23)26-27)15-20(2)18-32(9,28-30(3,4)5)29-31(6,7)8/h10-14,16-17,20H,15,18H2,1-9H3. The minimum atomic E-state index is -2.26. The number of hydrogen-bond acceptors (Lipinski definition) is 4. The van der Waals surface area contributed by atoms with Gasteiger partial charge in [0.25, 0.3) is 0 Å². The largest absolute Gasteiger partial charge is 0.437 e. The highest BCUT2D eigenvalue weighted by Crippen LogP contribution is 2.29.